The van der Waals surface area contributed by atoms with Crippen LogP contribution in [0.15, 0.2) is 18.2 Å². The van der Waals surface area contributed by atoms with Crippen LogP contribution in [0.1, 0.15) is 32.2 Å². The van der Waals surface area contributed by atoms with Gasteiger partial charge in [0, 0.05) is 5.56 Å². The van der Waals surface area contributed by atoms with E-state index in [2.05, 4.69) is 15.5 Å². The molecule has 0 saturated carbocycles. The minimum absolute atomic E-state index is 0.143. The molecule has 1 aromatic heterocycles. The lowest BCUT2D eigenvalue weighted by Crippen LogP contribution is -2.16. The van der Waals surface area contributed by atoms with Gasteiger partial charge in [0.2, 0.25) is 0 Å². The van der Waals surface area contributed by atoms with Gasteiger partial charge in [0.15, 0.2) is 17.5 Å². The van der Waals surface area contributed by atoms with Crippen LogP contribution in [0, 0.1) is 11.6 Å². The Morgan fingerprint density at radius 1 is 1.38 bits per heavy atom. The molecule has 21 heavy (non-hydrogen) atoms. The Kier molecular flexibility index (Phi) is 4.56. The van der Waals surface area contributed by atoms with Crippen molar-refractivity contribution in [1.29, 1.82) is 0 Å². The van der Waals surface area contributed by atoms with Gasteiger partial charge in [0.25, 0.3) is 0 Å². The van der Waals surface area contributed by atoms with E-state index in [0.29, 0.717) is 12.0 Å². The Hall–Kier alpha value is -2.38. The summed E-state index contributed by atoms with van der Waals surface area (Å²) < 4.78 is 27.6. The monoisotopic (exact) mass is 296 g/mol. The number of hydrogen-bond donors (Lipinski definition) is 1. The van der Waals surface area contributed by atoms with E-state index in [1.807, 2.05) is 6.92 Å². The number of nitrogens with zero attached hydrogens (tertiary/aromatic N) is 4. The van der Waals surface area contributed by atoms with E-state index < -0.39 is 23.6 Å². The van der Waals surface area contributed by atoms with Crippen molar-refractivity contribution in [3.05, 3.63) is 29.8 Å². The first-order valence-electron chi connectivity index (χ1n) is 6.48. The predicted molar refractivity (Wildman–Crippen MR) is 69.4 cm³/mol. The molecule has 8 heteroatoms. The van der Waals surface area contributed by atoms with Gasteiger partial charge in [0.05, 0.1) is 12.5 Å². The van der Waals surface area contributed by atoms with Gasteiger partial charge in [0.1, 0.15) is 0 Å². The molecule has 2 aromatic rings. The second kappa shape index (κ2) is 6.38. The number of rotatable bonds is 6. The van der Waals surface area contributed by atoms with Crippen molar-refractivity contribution < 1.29 is 18.7 Å². The fourth-order valence-electron chi connectivity index (χ4n) is 2.11. The van der Waals surface area contributed by atoms with Crippen molar-refractivity contribution >= 4 is 5.97 Å². The fourth-order valence-corrected chi connectivity index (χ4v) is 2.11. The van der Waals surface area contributed by atoms with Crippen molar-refractivity contribution in [3.8, 4) is 11.4 Å². The summed E-state index contributed by atoms with van der Waals surface area (Å²) in [6.45, 7) is 1.91. The maximum absolute atomic E-state index is 13.3. The van der Waals surface area contributed by atoms with Gasteiger partial charge in [-0.25, -0.2) is 13.5 Å². The van der Waals surface area contributed by atoms with E-state index in [-0.39, 0.29) is 12.2 Å². The average molecular weight is 296 g/mol. The van der Waals surface area contributed by atoms with E-state index in [4.69, 9.17) is 5.11 Å². The zero-order chi connectivity index (χ0) is 15.4. The molecular weight excluding hydrogens is 282 g/mol. The van der Waals surface area contributed by atoms with Crippen molar-refractivity contribution in [2.75, 3.05) is 0 Å². The van der Waals surface area contributed by atoms with Crippen molar-refractivity contribution in [2.45, 2.75) is 32.2 Å². The first-order valence-corrected chi connectivity index (χ1v) is 6.48. The third kappa shape index (κ3) is 3.39. The van der Waals surface area contributed by atoms with Crippen molar-refractivity contribution in [3.63, 3.8) is 0 Å². The fraction of sp³-hybridized carbons (Fsp3) is 0.385. The van der Waals surface area contributed by atoms with E-state index in [1.165, 1.54) is 10.7 Å². The molecule has 0 saturated heterocycles. The third-order valence-electron chi connectivity index (χ3n) is 3.05. The second-order valence-electron chi connectivity index (χ2n) is 4.62. The summed E-state index contributed by atoms with van der Waals surface area (Å²) in [5, 5.41) is 20.1. The molecule has 0 bridgehead atoms. The molecule has 1 atom stereocenters. The highest BCUT2D eigenvalue weighted by Crippen LogP contribution is 2.25. The molecular formula is C13H14F2N4O2. The van der Waals surface area contributed by atoms with Crippen LogP contribution in [0.4, 0.5) is 8.78 Å². The molecule has 1 unspecified atom stereocenters. The summed E-state index contributed by atoms with van der Waals surface area (Å²) in [5.41, 5.74) is 0.297. The Labute approximate surface area is 119 Å². The highest BCUT2D eigenvalue weighted by molar-refractivity contribution is 5.67. The Morgan fingerprint density at radius 3 is 2.76 bits per heavy atom. The number of aliphatic carboxylic acids is 1. The molecule has 1 heterocycles. The van der Waals surface area contributed by atoms with Crippen LogP contribution in [0.25, 0.3) is 11.4 Å². The lowest BCUT2D eigenvalue weighted by atomic mass is 10.1. The number of hydrogen-bond acceptors (Lipinski definition) is 4. The number of carboxylic acid groups (broad SMARTS) is 1. The molecule has 1 N–H and O–H groups in total. The van der Waals surface area contributed by atoms with E-state index in [1.54, 1.807) is 0 Å². The van der Waals surface area contributed by atoms with Gasteiger partial charge in [-0.1, -0.05) is 13.3 Å². The van der Waals surface area contributed by atoms with Crippen LogP contribution < -0.4 is 0 Å². The smallest absolute Gasteiger partial charge is 0.305 e. The first kappa shape index (κ1) is 15.0. The number of benzene rings is 1. The van der Waals surface area contributed by atoms with Gasteiger partial charge in [-0.3, -0.25) is 4.79 Å². The van der Waals surface area contributed by atoms with Gasteiger partial charge in [-0.05, 0) is 35.0 Å². The van der Waals surface area contributed by atoms with Gasteiger partial charge >= 0.3 is 5.97 Å². The normalized spacial score (nSPS) is 12.3. The van der Waals surface area contributed by atoms with E-state index in [0.717, 1.165) is 18.6 Å². The lowest BCUT2D eigenvalue weighted by Gasteiger charge is -2.15. The zero-order valence-corrected chi connectivity index (χ0v) is 11.3. The number of tetrazole rings is 1. The van der Waals surface area contributed by atoms with Gasteiger partial charge < -0.3 is 5.11 Å². The van der Waals surface area contributed by atoms with Crippen LogP contribution in [0.5, 0.6) is 0 Å². The molecule has 0 aliphatic carbocycles. The Balaban J connectivity index is 2.39. The number of halogens is 2. The molecule has 0 aliphatic heterocycles. The van der Waals surface area contributed by atoms with Crippen LogP contribution in [0.2, 0.25) is 0 Å². The van der Waals surface area contributed by atoms with Crippen LogP contribution in [-0.4, -0.2) is 31.3 Å². The summed E-state index contributed by atoms with van der Waals surface area (Å²) in [6, 6.07) is 2.88. The zero-order valence-electron chi connectivity index (χ0n) is 11.3. The molecule has 1 aromatic carbocycles. The SMILES string of the molecule is CCCC(CC(=O)O)n1nnnc1-c1ccc(F)c(F)c1. The number of aromatic nitrogens is 4. The minimum atomic E-state index is -1.01. The van der Waals surface area contributed by atoms with E-state index in [9.17, 15) is 13.6 Å². The van der Waals surface area contributed by atoms with Gasteiger partial charge in [-0.2, -0.15) is 0 Å². The van der Waals surface area contributed by atoms with Crippen molar-refractivity contribution in [2.24, 2.45) is 0 Å². The maximum atomic E-state index is 13.3. The average Bonchev–Trinajstić information content (AvgIpc) is 2.90. The summed E-state index contributed by atoms with van der Waals surface area (Å²) in [5.74, 6) is -2.73. The van der Waals surface area contributed by atoms with Crippen molar-refractivity contribution in [1.82, 2.24) is 20.2 Å². The molecule has 0 radical (unpaired) electrons. The van der Waals surface area contributed by atoms with Gasteiger partial charge in [-0.15, -0.1) is 5.10 Å². The largest absolute Gasteiger partial charge is 0.481 e. The molecule has 0 spiro atoms. The van der Waals surface area contributed by atoms with E-state index >= 15 is 0 Å². The molecule has 2 rings (SSSR count). The minimum Gasteiger partial charge on any atom is -0.481 e. The third-order valence-corrected chi connectivity index (χ3v) is 3.05. The Morgan fingerprint density at radius 2 is 2.14 bits per heavy atom. The van der Waals surface area contributed by atoms with Crippen LogP contribution in [0.3, 0.4) is 0 Å². The lowest BCUT2D eigenvalue weighted by molar-refractivity contribution is -0.138. The predicted octanol–water partition coefficient (Wildman–Crippen LogP) is 2.43. The summed E-state index contributed by atoms with van der Waals surface area (Å²) >= 11 is 0. The summed E-state index contributed by atoms with van der Waals surface area (Å²) in [4.78, 5) is 10.9. The molecule has 6 nitrogen and oxygen atoms in total. The standard InChI is InChI=1S/C13H14F2N4O2/c1-2-3-9(7-12(20)21)19-13(16-17-18-19)8-4-5-10(14)11(15)6-8/h4-6,9H,2-3,7H2,1H3,(H,20,21). The summed E-state index contributed by atoms with van der Waals surface area (Å²) in [7, 11) is 0. The Bertz CT molecular complexity index is 645. The highest BCUT2D eigenvalue weighted by atomic mass is 19.2. The maximum Gasteiger partial charge on any atom is 0.305 e. The molecule has 0 fully saturated rings. The van der Waals surface area contributed by atoms with Crippen LogP contribution >= 0.6 is 0 Å². The quantitative estimate of drug-likeness (QED) is 0.885. The molecule has 112 valence electrons. The molecule has 0 aliphatic rings. The summed E-state index contributed by atoms with van der Waals surface area (Å²) in [6.07, 6.45) is 1.17. The number of carbonyl (C=O) groups is 1. The second-order valence-corrected chi connectivity index (χ2v) is 4.62. The van der Waals surface area contributed by atoms with Crippen LogP contribution in [-0.2, 0) is 4.79 Å². The topological polar surface area (TPSA) is 80.9 Å². The molecule has 0 amide bonds. The first-order chi connectivity index (χ1) is 10.0. The number of carboxylic acids is 1. The highest BCUT2D eigenvalue weighted by Gasteiger charge is 2.21.